The zero-order chi connectivity index (χ0) is 25.1. The summed E-state index contributed by atoms with van der Waals surface area (Å²) >= 11 is 7.10. The van der Waals surface area contributed by atoms with E-state index in [1.807, 2.05) is 42.5 Å². The quantitative estimate of drug-likeness (QED) is 0.210. The van der Waals surface area contributed by atoms with Crippen LogP contribution in [-0.4, -0.2) is 15.9 Å². The lowest BCUT2D eigenvalue weighted by molar-refractivity contribution is 0.304. The summed E-state index contributed by atoms with van der Waals surface area (Å²) in [6, 6.07) is 19.7. The number of rotatable bonds is 6. The molecule has 1 aliphatic carbocycles. The third kappa shape index (κ3) is 5.62. The van der Waals surface area contributed by atoms with Gasteiger partial charge in [0.25, 0.3) is 5.56 Å². The van der Waals surface area contributed by atoms with Crippen LogP contribution in [0.25, 0.3) is 10.9 Å². The predicted octanol–water partition coefficient (Wildman–Crippen LogP) is 7.74. The Morgan fingerprint density at radius 2 is 1.89 bits per heavy atom. The zero-order valence-electron chi connectivity index (χ0n) is 20.1. The third-order valence-electron chi connectivity index (χ3n) is 6.56. The molecule has 0 saturated heterocycles. The number of hydrogen-bond acceptors (Lipinski definition) is 4. The molecule has 0 amide bonds. The van der Waals surface area contributed by atoms with Crippen molar-refractivity contribution < 1.29 is 4.74 Å². The lowest BCUT2D eigenvalue weighted by atomic mass is 9.88. The molecule has 0 atom stereocenters. The Bertz CT molecular complexity index is 1490. The number of fused-ring (bicyclic) bond motifs is 1. The first-order valence-corrected chi connectivity index (χ1v) is 13.8. The summed E-state index contributed by atoms with van der Waals surface area (Å²) in [6.07, 6.45) is 7.31. The van der Waals surface area contributed by atoms with Crippen molar-refractivity contribution in [2.24, 2.45) is 5.10 Å². The summed E-state index contributed by atoms with van der Waals surface area (Å²) in [5.41, 5.74) is 3.77. The van der Waals surface area contributed by atoms with E-state index >= 15 is 0 Å². The number of aromatic nitrogens is 2. The van der Waals surface area contributed by atoms with Gasteiger partial charge < -0.3 is 4.74 Å². The van der Waals surface area contributed by atoms with Crippen LogP contribution in [0.3, 0.4) is 0 Å². The summed E-state index contributed by atoms with van der Waals surface area (Å²) in [6.45, 7) is 2.56. The third-order valence-corrected chi connectivity index (χ3v) is 7.67. The Morgan fingerprint density at radius 1 is 1.06 bits per heavy atom. The second kappa shape index (κ2) is 11.1. The van der Waals surface area contributed by atoms with Crippen LogP contribution in [0.4, 0.5) is 0 Å². The van der Waals surface area contributed by atoms with Gasteiger partial charge in [0.2, 0.25) is 0 Å². The van der Waals surface area contributed by atoms with Crippen LogP contribution in [0.2, 0.25) is 0 Å². The normalized spacial score (nSPS) is 14.5. The molecule has 5 nitrogen and oxygen atoms in total. The largest absolute Gasteiger partial charge is 0.488 e. The van der Waals surface area contributed by atoms with Crippen LogP contribution in [0.15, 0.2) is 79.5 Å². The summed E-state index contributed by atoms with van der Waals surface area (Å²) in [4.78, 5) is 18.4. The molecule has 1 aromatic heterocycles. The van der Waals surface area contributed by atoms with Gasteiger partial charge in [-0.15, -0.1) is 0 Å². The molecule has 0 unspecified atom stereocenters. The zero-order valence-corrected chi connectivity index (χ0v) is 23.3. The van der Waals surface area contributed by atoms with E-state index in [1.165, 1.54) is 16.7 Å². The van der Waals surface area contributed by atoms with Crippen molar-refractivity contribution in [1.82, 2.24) is 9.66 Å². The van der Waals surface area contributed by atoms with Gasteiger partial charge in [-0.05, 0) is 83.2 Å². The van der Waals surface area contributed by atoms with E-state index in [4.69, 9.17) is 9.72 Å². The van der Waals surface area contributed by atoms with E-state index < -0.39 is 0 Å². The molecule has 1 saturated carbocycles. The molecule has 0 N–H and O–H groups in total. The van der Waals surface area contributed by atoms with Crippen molar-refractivity contribution in [3.8, 4) is 5.75 Å². The highest BCUT2D eigenvalue weighted by Crippen LogP contribution is 2.32. The number of ether oxygens (including phenoxy) is 1. The average Bonchev–Trinajstić information content (AvgIpc) is 2.88. The molecule has 1 heterocycles. The van der Waals surface area contributed by atoms with E-state index in [1.54, 1.807) is 6.21 Å². The maximum Gasteiger partial charge on any atom is 0.282 e. The van der Waals surface area contributed by atoms with Gasteiger partial charge in [-0.1, -0.05) is 65.0 Å². The first-order chi connectivity index (χ1) is 17.5. The molecule has 0 spiro atoms. The van der Waals surface area contributed by atoms with E-state index in [0.29, 0.717) is 17.5 Å². The Hall–Kier alpha value is -2.77. The van der Waals surface area contributed by atoms with Gasteiger partial charge in [0.05, 0.1) is 21.6 Å². The van der Waals surface area contributed by atoms with Crippen LogP contribution in [0, 0.1) is 6.92 Å². The minimum absolute atomic E-state index is 0.143. The maximum atomic E-state index is 13.5. The van der Waals surface area contributed by atoms with Crippen molar-refractivity contribution in [1.29, 1.82) is 0 Å². The van der Waals surface area contributed by atoms with Crippen LogP contribution in [0.1, 0.15) is 60.5 Å². The fourth-order valence-electron chi connectivity index (χ4n) is 4.70. The fourth-order valence-corrected chi connectivity index (χ4v) is 5.58. The van der Waals surface area contributed by atoms with Crippen molar-refractivity contribution in [3.63, 3.8) is 0 Å². The van der Waals surface area contributed by atoms with Gasteiger partial charge in [0.15, 0.2) is 0 Å². The van der Waals surface area contributed by atoms with Gasteiger partial charge in [0, 0.05) is 10.4 Å². The molecule has 7 heteroatoms. The number of hydrogen-bond donors (Lipinski definition) is 0. The average molecular weight is 609 g/mol. The van der Waals surface area contributed by atoms with E-state index in [-0.39, 0.29) is 11.5 Å². The van der Waals surface area contributed by atoms with E-state index in [2.05, 4.69) is 62.1 Å². The second-order valence-corrected chi connectivity index (χ2v) is 11.1. The molecule has 1 fully saturated rings. The minimum Gasteiger partial charge on any atom is -0.488 e. The monoisotopic (exact) mass is 607 g/mol. The highest BCUT2D eigenvalue weighted by Gasteiger charge is 2.22. The molecule has 1 aliphatic rings. The van der Waals surface area contributed by atoms with E-state index in [9.17, 15) is 4.79 Å². The highest BCUT2D eigenvalue weighted by atomic mass is 79.9. The Kier molecular flexibility index (Phi) is 7.67. The minimum atomic E-state index is -0.143. The molecule has 4 aromatic rings. The molecule has 3 aromatic carbocycles. The molecule has 0 radical (unpaired) electrons. The van der Waals surface area contributed by atoms with Crippen LogP contribution in [-0.2, 0) is 6.61 Å². The van der Waals surface area contributed by atoms with Gasteiger partial charge in [0.1, 0.15) is 18.2 Å². The Morgan fingerprint density at radius 3 is 2.67 bits per heavy atom. The topological polar surface area (TPSA) is 56.5 Å². The van der Waals surface area contributed by atoms with Crippen molar-refractivity contribution in [3.05, 3.63) is 102 Å². The first-order valence-electron chi connectivity index (χ1n) is 12.2. The first kappa shape index (κ1) is 24.9. The SMILES string of the molecule is Cc1cccc(COc2ccc(C=Nn3c(C4CCCCC4)nc4ccc(Br)cc4c3=O)cc2Br)c1. The van der Waals surface area contributed by atoms with Gasteiger partial charge in [-0.3, -0.25) is 4.79 Å². The Balaban J connectivity index is 1.44. The van der Waals surface area contributed by atoms with Crippen LogP contribution in [0.5, 0.6) is 5.75 Å². The smallest absolute Gasteiger partial charge is 0.282 e. The number of benzene rings is 3. The number of halogens is 2. The standard InChI is InChI=1S/C29H27Br2N3O2/c1-19-6-5-7-21(14-19)18-36-27-13-10-20(15-25(27)31)17-32-34-28(22-8-3-2-4-9-22)33-26-12-11-23(30)16-24(26)29(34)35/h5-7,10-17,22H,2-4,8-9,18H2,1H3. The summed E-state index contributed by atoms with van der Waals surface area (Å²) in [7, 11) is 0. The molecular formula is C29H27Br2N3O2. The lowest BCUT2D eigenvalue weighted by Gasteiger charge is -2.22. The van der Waals surface area contributed by atoms with Gasteiger partial charge >= 0.3 is 0 Å². The highest BCUT2D eigenvalue weighted by molar-refractivity contribution is 9.10. The predicted molar refractivity (Wildman–Crippen MR) is 152 cm³/mol. The van der Waals surface area contributed by atoms with Crippen molar-refractivity contribution >= 4 is 49.0 Å². The molecule has 36 heavy (non-hydrogen) atoms. The summed E-state index contributed by atoms with van der Waals surface area (Å²) < 4.78 is 9.19. The van der Waals surface area contributed by atoms with Crippen LogP contribution >= 0.6 is 31.9 Å². The Labute approximate surface area is 227 Å². The summed E-state index contributed by atoms with van der Waals surface area (Å²) in [5, 5.41) is 5.20. The molecular weight excluding hydrogens is 582 g/mol. The number of aryl methyl sites for hydroxylation is 1. The number of nitrogens with zero attached hydrogens (tertiary/aromatic N) is 3. The lowest BCUT2D eigenvalue weighted by Crippen LogP contribution is -2.25. The van der Waals surface area contributed by atoms with Crippen molar-refractivity contribution in [2.45, 2.75) is 51.6 Å². The molecule has 0 aliphatic heterocycles. The molecule has 184 valence electrons. The van der Waals surface area contributed by atoms with Crippen LogP contribution < -0.4 is 10.3 Å². The molecule has 0 bridgehead atoms. The van der Waals surface area contributed by atoms with Gasteiger partial charge in [-0.2, -0.15) is 9.78 Å². The van der Waals surface area contributed by atoms with Crippen molar-refractivity contribution in [2.75, 3.05) is 0 Å². The van der Waals surface area contributed by atoms with E-state index in [0.717, 1.165) is 57.3 Å². The fraction of sp³-hybridized carbons (Fsp3) is 0.276. The second-order valence-electron chi connectivity index (χ2n) is 9.30. The maximum absolute atomic E-state index is 13.5. The molecule has 5 rings (SSSR count). The summed E-state index contributed by atoms with van der Waals surface area (Å²) in [5.74, 6) is 1.75. The van der Waals surface area contributed by atoms with Gasteiger partial charge in [-0.25, -0.2) is 4.98 Å².